The van der Waals surface area contributed by atoms with Crippen LogP contribution < -0.4 is 0 Å². The molecule has 0 heterocycles. The minimum Gasteiger partial charge on any atom is -2.00 e. The summed E-state index contributed by atoms with van der Waals surface area (Å²) >= 11 is 0. The molecule has 0 aromatic carbocycles. The maximum atomic E-state index is 0. The van der Waals surface area contributed by atoms with E-state index >= 15 is 0 Å². The first kappa shape index (κ1) is 168. The van der Waals surface area contributed by atoms with Gasteiger partial charge in [0.05, 0.1) is 0 Å². The molecule has 0 aromatic rings. The van der Waals surface area contributed by atoms with Gasteiger partial charge < -0.3 is 154 Å². The molecular weight excluding hydrogens is 1360 g/mol. The Morgan fingerprint density at radius 3 is 0.267 bits per heavy atom. The first-order chi connectivity index (χ1) is 0. The van der Waals surface area contributed by atoms with Gasteiger partial charge in [-0.3, -0.25) is 0 Å². The standard InChI is InChI=1S/2Cu.2Ga.2Ir.9Se/q2*+2;2*+3;2*+4;9*-2. The molecule has 15 heteroatoms. The van der Waals surface area contributed by atoms with Crippen LogP contribution in [-0.2, 0) is 74.3 Å². The van der Waals surface area contributed by atoms with Gasteiger partial charge in [0.2, 0.25) is 0 Å². The van der Waals surface area contributed by atoms with Gasteiger partial charge in [-0.25, -0.2) is 0 Å². The number of hydrogen-bond acceptors (Lipinski definition) is 0. The fourth-order valence-corrected chi connectivity index (χ4v) is 0. The molecule has 0 amide bonds. The van der Waals surface area contributed by atoms with E-state index in [1.54, 1.807) is 0 Å². The third-order valence-corrected chi connectivity index (χ3v) is 0. The summed E-state index contributed by atoms with van der Waals surface area (Å²) in [4.78, 5) is 0. The zero-order chi connectivity index (χ0) is 0. The van der Waals surface area contributed by atoms with Crippen molar-refractivity contribution >= 4 is 193 Å². The van der Waals surface area contributed by atoms with E-state index in [1.165, 1.54) is 0 Å². The van der Waals surface area contributed by atoms with E-state index in [1.807, 2.05) is 0 Å². The molecule has 100 valence electrons. The van der Waals surface area contributed by atoms with Crippen molar-refractivity contribution in [2.24, 2.45) is 0 Å². The summed E-state index contributed by atoms with van der Waals surface area (Å²) in [6.45, 7) is 0. The second kappa shape index (κ2) is 147. The molecule has 0 bridgehead atoms. The zero-order valence-electron chi connectivity index (χ0n) is 6.10. The van der Waals surface area contributed by atoms with E-state index in [0.29, 0.717) is 0 Å². The van der Waals surface area contributed by atoms with E-state index in [0.717, 1.165) is 0 Å². The SMILES string of the molecule is [Cu+2].[Cu+2].[Ga+3].[Ga+3].[Ir+4].[Ir+4].[Se-2].[Se-2].[Se-2].[Se-2].[Se-2].[Se-2].[Se-2].[Se-2].[Se-2]. The van der Waals surface area contributed by atoms with E-state index < -0.39 is 0 Å². The Labute approximate surface area is 261 Å². The quantitative estimate of drug-likeness (QED) is 0.217. The number of hydrogen-bond donors (Lipinski definition) is 0. The Hall–Kier alpha value is 8.29. The van der Waals surface area contributed by atoms with Crippen molar-refractivity contribution in [1.29, 1.82) is 0 Å². The maximum absolute atomic E-state index is 0. The summed E-state index contributed by atoms with van der Waals surface area (Å²) in [6.07, 6.45) is 0. The van der Waals surface area contributed by atoms with Crippen LogP contribution >= 0.6 is 0 Å². The Morgan fingerprint density at radius 2 is 0.267 bits per heavy atom. The monoisotopic (exact) mass is 1370 g/mol. The summed E-state index contributed by atoms with van der Waals surface area (Å²) in [7, 11) is 0. The van der Waals surface area contributed by atoms with Crippen molar-refractivity contribution in [2.75, 3.05) is 0 Å². The molecule has 0 rings (SSSR count). The van der Waals surface area contributed by atoms with E-state index in [-0.39, 0.29) is 268 Å². The first-order valence-electron chi connectivity index (χ1n) is 0. The Morgan fingerprint density at radius 1 is 0.267 bits per heavy atom. The van der Waals surface area contributed by atoms with Crippen LogP contribution in [0.4, 0.5) is 0 Å². The molecule has 0 saturated carbocycles. The van der Waals surface area contributed by atoms with Crippen molar-refractivity contribution < 1.29 is 74.3 Å². The third-order valence-electron chi connectivity index (χ3n) is 0. The van der Waals surface area contributed by atoms with Crippen LogP contribution in [-0.4, -0.2) is 193 Å². The summed E-state index contributed by atoms with van der Waals surface area (Å²) < 4.78 is 0. The molecule has 0 fully saturated rings. The average molecular weight is 1360 g/mol. The minimum atomic E-state index is 0. The van der Waals surface area contributed by atoms with Gasteiger partial charge in [0.25, 0.3) is 0 Å². The summed E-state index contributed by atoms with van der Waals surface area (Å²) in [5, 5.41) is 0. The smallest absolute Gasteiger partial charge is 2.00 e. The van der Waals surface area contributed by atoms with Gasteiger partial charge in [-0.2, -0.15) is 0 Å². The molecule has 0 aliphatic carbocycles. The molecule has 0 saturated heterocycles. The molecule has 0 aromatic heterocycles. The van der Waals surface area contributed by atoms with Crippen LogP contribution in [0.2, 0.25) is 0 Å². The topological polar surface area (TPSA) is 0 Å². The van der Waals surface area contributed by atoms with Crippen molar-refractivity contribution in [2.45, 2.75) is 0 Å². The summed E-state index contributed by atoms with van der Waals surface area (Å²) in [6, 6.07) is 0. The van der Waals surface area contributed by atoms with Crippen LogP contribution in [0.3, 0.4) is 0 Å². The third kappa shape index (κ3) is 134. The predicted molar refractivity (Wildman–Crippen MR) is 63.3 cm³/mol. The van der Waals surface area contributed by atoms with Gasteiger partial charge in [0.1, 0.15) is 0 Å². The van der Waals surface area contributed by atoms with Gasteiger partial charge in [-0.1, -0.05) is 0 Å². The Balaban J connectivity index is 0. The van der Waals surface area contributed by atoms with Crippen LogP contribution in [0.5, 0.6) is 0 Å². The van der Waals surface area contributed by atoms with Gasteiger partial charge >= 0.3 is 114 Å². The molecule has 0 nitrogen and oxygen atoms in total. The van der Waals surface area contributed by atoms with Crippen LogP contribution in [0.25, 0.3) is 0 Å². The van der Waals surface area contributed by atoms with Crippen LogP contribution in [0.1, 0.15) is 0 Å². The van der Waals surface area contributed by atoms with E-state index in [9.17, 15) is 0 Å². The minimum absolute atomic E-state index is 0. The van der Waals surface area contributed by atoms with Crippen molar-refractivity contribution in [1.82, 2.24) is 0 Å². The Bertz CT molecular complexity index is 24.1. The largest absolute Gasteiger partial charge is 4.00 e. The molecule has 0 atom stereocenters. The van der Waals surface area contributed by atoms with Gasteiger partial charge in [0.15, 0.2) is 0 Å². The first-order valence-corrected chi connectivity index (χ1v) is 0. The molecule has 0 spiro atoms. The summed E-state index contributed by atoms with van der Waals surface area (Å²) in [5.41, 5.74) is 0. The molecular formula is Cu2Ga2Ir2Se9. The second-order valence-corrected chi connectivity index (χ2v) is 0. The van der Waals surface area contributed by atoms with Gasteiger partial charge in [-0.05, 0) is 0 Å². The molecule has 0 aliphatic rings. The van der Waals surface area contributed by atoms with Crippen molar-refractivity contribution in [3.8, 4) is 0 Å². The van der Waals surface area contributed by atoms with Crippen LogP contribution in [0.15, 0.2) is 0 Å². The van der Waals surface area contributed by atoms with Crippen molar-refractivity contribution in [3.63, 3.8) is 0 Å². The summed E-state index contributed by atoms with van der Waals surface area (Å²) in [5.74, 6) is 0. The second-order valence-electron chi connectivity index (χ2n) is 0. The normalized spacial score (nSPS) is 0. The van der Waals surface area contributed by atoms with E-state index in [2.05, 4.69) is 0 Å². The maximum Gasteiger partial charge on any atom is 4.00 e. The predicted octanol–water partition coefficient (Wildman–Crippen LogP) is -4.20. The van der Waals surface area contributed by atoms with Gasteiger partial charge in [0, 0.05) is 0 Å². The zero-order valence-corrected chi connectivity index (χ0v) is 33.0. The Kier molecular flexibility index (Phi) is 1650. The van der Waals surface area contributed by atoms with Gasteiger partial charge in [-0.15, -0.1) is 0 Å². The average Bonchev–Trinajstić information content (AvgIpc) is 0. The molecule has 0 aliphatic heterocycles. The number of rotatable bonds is 0. The molecule has 0 N–H and O–H groups in total. The van der Waals surface area contributed by atoms with Crippen molar-refractivity contribution in [3.05, 3.63) is 0 Å². The molecule has 4 radical (unpaired) electrons. The van der Waals surface area contributed by atoms with Crippen LogP contribution in [0, 0.1) is 0 Å². The molecule has 15 heavy (non-hydrogen) atoms. The fraction of sp³-hybridized carbons (Fsp3) is 0. The fourth-order valence-electron chi connectivity index (χ4n) is 0. The van der Waals surface area contributed by atoms with E-state index in [4.69, 9.17) is 0 Å². The molecule has 0 unspecified atom stereocenters.